The molecule has 11 heavy (non-hydrogen) atoms. The molecule has 6 heteroatoms. The summed E-state index contributed by atoms with van der Waals surface area (Å²) in [5, 5.41) is 0. The summed E-state index contributed by atoms with van der Waals surface area (Å²) in [5.74, 6) is 2.25. The minimum atomic E-state index is -0.833. The maximum Gasteiger partial charge on any atom is 0.309 e. The average Bonchev–Trinajstić information content (AvgIpc) is 1.60. The Bertz CT molecular complexity index is 129. The topological polar surface area (TPSA) is 138 Å². The van der Waals surface area contributed by atoms with Gasteiger partial charge in [0.2, 0.25) is 0 Å². The molecule has 0 rings (SSSR count). The summed E-state index contributed by atoms with van der Waals surface area (Å²) >= 11 is 0. The van der Waals surface area contributed by atoms with Crippen molar-refractivity contribution in [1.29, 1.82) is 0 Å². The van der Waals surface area contributed by atoms with Crippen LogP contribution in [0.25, 0.3) is 0 Å². The molecule has 0 atom stereocenters. The van der Waals surface area contributed by atoms with Gasteiger partial charge in [-0.3, -0.25) is 0 Å². The molecule has 0 aliphatic rings. The summed E-state index contributed by atoms with van der Waals surface area (Å²) in [5.41, 5.74) is 17.0. The van der Waals surface area contributed by atoms with Crippen LogP contribution in [0.3, 0.4) is 0 Å². The fraction of sp³-hybridized carbons (Fsp3) is 0.200. The minimum Gasteiger partial charge on any atom is -0.352 e. The van der Waals surface area contributed by atoms with Gasteiger partial charge in [-0.25, -0.2) is 9.59 Å². The molecule has 0 radical (unpaired) electrons. The quantitative estimate of drug-likeness (QED) is 0.327. The number of hydrogen-bond acceptors (Lipinski definition) is 2. The van der Waals surface area contributed by atoms with Crippen LogP contribution in [0.5, 0.6) is 0 Å². The zero-order valence-electron chi connectivity index (χ0n) is 6.20. The Morgan fingerprint density at radius 2 is 1.09 bits per heavy atom. The largest absolute Gasteiger partial charge is 0.352 e. The number of amides is 4. The van der Waals surface area contributed by atoms with Crippen molar-refractivity contribution >= 4 is 12.1 Å². The van der Waals surface area contributed by atoms with E-state index in [-0.39, 0.29) is 0 Å². The highest BCUT2D eigenvalue weighted by Crippen LogP contribution is 1.26. The van der Waals surface area contributed by atoms with Crippen LogP contribution in [0.15, 0.2) is 0 Å². The van der Waals surface area contributed by atoms with Gasteiger partial charge in [0.25, 0.3) is 0 Å². The fourth-order valence-electron chi connectivity index (χ4n) is 0. The van der Waals surface area contributed by atoms with Crippen molar-refractivity contribution in [3.63, 3.8) is 0 Å². The van der Waals surface area contributed by atoms with Crippen LogP contribution in [-0.2, 0) is 0 Å². The van der Waals surface area contributed by atoms with Crippen molar-refractivity contribution in [2.45, 2.75) is 6.92 Å². The second-order valence-corrected chi connectivity index (χ2v) is 1.09. The molecule has 0 fully saturated rings. The number of terminal acetylenes is 1. The minimum absolute atomic E-state index is 0.833. The number of nitrogens with two attached hydrogens (primary N) is 4. The molecule has 0 aromatic carbocycles. The standard InChI is InChI=1S/C3H4.2CH4N2O/c1-3-2;2*2-1(3)4/h1H,2H3;2*(H4,2,3,4). The van der Waals surface area contributed by atoms with Crippen LogP contribution in [-0.4, -0.2) is 12.1 Å². The van der Waals surface area contributed by atoms with E-state index in [2.05, 4.69) is 35.3 Å². The van der Waals surface area contributed by atoms with Crippen LogP contribution < -0.4 is 22.9 Å². The van der Waals surface area contributed by atoms with E-state index in [1.807, 2.05) is 0 Å². The second-order valence-electron chi connectivity index (χ2n) is 1.09. The maximum atomic E-state index is 9.00. The monoisotopic (exact) mass is 160 g/mol. The van der Waals surface area contributed by atoms with Crippen LogP contribution in [0.2, 0.25) is 0 Å². The predicted octanol–water partition coefficient (Wildman–Crippen LogP) is -1.31. The molecule has 0 unspecified atom stereocenters. The normalized spacial score (nSPS) is 5.09. The zero-order chi connectivity index (χ0) is 9.86. The summed E-state index contributed by atoms with van der Waals surface area (Å²) in [6.07, 6.45) is 4.60. The highest BCUT2D eigenvalue weighted by Gasteiger charge is 1.61. The van der Waals surface area contributed by atoms with Crippen LogP contribution in [0, 0.1) is 12.3 Å². The molecule has 0 saturated heterocycles. The van der Waals surface area contributed by atoms with Gasteiger partial charge in [-0.05, 0) is 6.92 Å². The number of hydrogen-bond donors (Lipinski definition) is 4. The number of rotatable bonds is 0. The molecule has 6 nitrogen and oxygen atoms in total. The fourth-order valence-corrected chi connectivity index (χ4v) is 0. The van der Waals surface area contributed by atoms with E-state index >= 15 is 0 Å². The van der Waals surface area contributed by atoms with E-state index in [4.69, 9.17) is 9.59 Å². The first kappa shape index (κ1) is 16.0. The summed E-state index contributed by atoms with van der Waals surface area (Å²) in [6, 6.07) is -1.67. The van der Waals surface area contributed by atoms with Gasteiger partial charge in [-0.2, -0.15) is 0 Å². The highest BCUT2D eigenvalue weighted by molar-refractivity contribution is 5.69. The first-order valence-corrected chi connectivity index (χ1v) is 2.35. The first-order chi connectivity index (χ1) is 4.88. The molecule has 0 bridgehead atoms. The summed E-state index contributed by atoms with van der Waals surface area (Å²) in [7, 11) is 0. The molecule has 0 spiro atoms. The lowest BCUT2D eigenvalue weighted by atomic mass is 10.9. The Hall–Kier alpha value is -1.90. The average molecular weight is 160 g/mol. The van der Waals surface area contributed by atoms with Crippen molar-refractivity contribution < 1.29 is 9.59 Å². The molecule has 8 N–H and O–H groups in total. The third-order valence-corrected chi connectivity index (χ3v) is 0. The van der Waals surface area contributed by atoms with Crippen molar-refractivity contribution in [3.05, 3.63) is 0 Å². The van der Waals surface area contributed by atoms with E-state index in [9.17, 15) is 0 Å². The van der Waals surface area contributed by atoms with E-state index in [1.54, 1.807) is 6.92 Å². The first-order valence-electron chi connectivity index (χ1n) is 2.35. The van der Waals surface area contributed by atoms with Gasteiger partial charge in [0, 0.05) is 0 Å². The van der Waals surface area contributed by atoms with E-state index in [0.717, 1.165) is 0 Å². The lowest BCUT2D eigenvalue weighted by molar-refractivity contribution is 0.255. The Labute approximate surface area is 64.9 Å². The molecule has 0 aliphatic heterocycles. The van der Waals surface area contributed by atoms with Gasteiger partial charge in [-0.15, -0.1) is 12.3 Å². The third-order valence-electron chi connectivity index (χ3n) is 0. The summed E-state index contributed by atoms with van der Waals surface area (Å²) in [6.45, 7) is 1.65. The number of primary amides is 4. The lowest BCUT2D eigenvalue weighted by Gasteiger charge is -1.62. The van der Waals surface area contributed by atoms with Gasteiger partial charge < -0.3 is 22.9 Å². The van der Waals surface area contributed by atoms with Gasteiger partial charge >= 0.3 is 12.1 Å². The van der Waals surface area contributed by atoms with Crippen LogP contribution >= 0.6 is 0 Å². The van der Waals surface area contributed by atoms with E-state index in [1.165, 1.54) is 0 Å². The third kappa shape index (κ3) is 83.5. The second kappa shape index (κ2) is 15.7. The highest BCUT2D eigenvalue weighted by atomic mass is 16.2. The van der Waals surface area contributed by atoms with Crippen LogP contribution in [0.4, 0.5) is 9.59 Å². The van der Waals surface area contributed by atoms with Gasteiger partial charge in [0.05, 0.1) is 0 Å². The van der Waals surface area contributed by atoms with E-state index in [0.29, 0.717) is 0 Å². The molecular formula is C5H12N4O2. The molecule has 0 saturated carbocycles. The molecular weight excluding hydrogens is 148 g/mol. The summed E-state index contributed by atoms with van der Waals surface area (Å²) < 4.78 is 0. The van der Waals surface area contributed by atoms with Crippen LogP contribution in [0.1, 0.15) is 6.92 Å². The van der Waals surface area contributed by atoms with Gasteiger partial charge in [-0.1, -0.05) is 0 Å². The smallest absolute Gasteiger partial charge is 0.309 e. The number of carbonyl (C=O) groups excluding carboxylic acids is 2. The van der Waals surface area contributed by atoms with Crippen molar-refractivity contribution in [2.24, 2.45) is 22.9 Å². The SMILES string of the molecule is C#CC.NC(N)=O.NC(N)=O. The maximum absolute atomic E-state index is 9.00. The Morgan fingerprint density at radius 3 is 1.09 bits per heavy atom. The molecule has 64 valence electrons. The summed E-state index contributed by atoms with van der Waals surface area (Å²) in [4.78, 5) is 18.0. The molecule has 0 heterocycles. The Kier molecular flexibility index (Phi) is 22.9. The molecule has 0 aromatic heterocycles. The van der Waals surface area contributed by atoms with Gasteiger partial charge in [0.1, 0.15) is 0 Å². The van der Waals surface area contributed by atoms with Crippen molar-refractivity contribution in [2.75, 3.05) is 0 Å². The molecule has 0 aliphatic carbocycles. The molecule has 4 amide bonds. The van der Waals surface area contributed by atoms with Crippen molar-refractivity contribution in [3.8, 4) is 12.3 Å². The van der Waals surface area contributed by atoms with Crippen molar-refractivity contribution in [1.82, 2.24) is 0 Å². The lowest BCUT2D eigenvalue weighted by Crippen LogP contribution is -2.18. The Balaban J connectivity index is -0.0000000886. The van der Waals surface area contributed by atoms with E-state index < -0.39 is 12.1 Å². The van der Waals surface area contributed by atoms with Gasteiger partial charge in [0.15, 0.2) is 0 Å². The number of urea groups is 2. The zero-order valence-corrected chi connectivity index (χ0v) is 6.20. The molecule has 0 aromatic rings. The Morgan fingerprint density at radius 1 is 1.09 bits per heavy atom. The predicted molar refractivity (Wildman–Crippen MR) is 42.0 cm³/mol. The number of carbonyl (C=O) groups is 2.